The van der Waals surface area contributed by atoms with Crippen LogP contribution in [0.4, 0.5) is 0 Å². The van der Waals surface area contributed by atoms with Gasteiger partial charge in [0.2, 0.25) is 5.76 Å². The molecule has 0 saturated heterocycles. The highest BCUT2D eigenvalue weighted by molar-refractivity contribution is 9.24. The quantitative estimate of drug-likeness (QED) is 0.327. The molecule has 0 aliphatic heterocycles. The van der Waals surface area contributed by atoms with E-state index in [1.165, 1.54) is 20.3 Å². The lowest BCUT2D eigenvalue weighted by molar-refractivity contribution is -0.138. The molecule has 0 radical (unpaired) electrons. The molecular formula is C13H12Br2O6. The number of ether oxygens (including phenoxy) is 3. The van der Waals surface area contributed by atoms with Crippen LogP contribution in [0, 0.1) is 0 Å². The average Bonchev–Trinajstić information content (AvgIpc) is 2.45. The number of esters is 1. The van der Waals surface area contributed by atoms with Gasteiger partial charge in [-0.3, -0.25) is 0 Å². The van der Waals surface area contributed by atoms with Gasteiger partial charge in [0, 0.05) is 0 Å². The minimum Gasteiger partial charge on any atom is -0.500 e. The molecule has 0 aliphatic carbocycles. The predicted molar refractivity (Wildman–Crippen MR) is 81.7 cm³/mol. The third-order valence-electron chi connectivity index (χ3n) is 2.34. The lowest BCUT2D eigenvalue weighted by Crippen LogP contribution is -2.14. The van der Waals surface area contributed by atoms with Crippen LogP contribution in [0.5, 0.6) is 5.75 Å². The van der Waals surface area contributed by atoms with Crippen LogP contribution >= 0.6 is 31.9 Å². The number of methoxy groups -OCH3 is 2. The van der Waals surface area contributed by atoms with Crippen molar-refractivity contribution in [2.75, 3.05) is 14.2 Å². The molecule has 1 aromatic carbocycles. The van der Waals surface area contributed by atoms with E-state index in [0.717, 1.165) is 6.26 Å². The van der Waals surface area contributed by atoms with Gasteiger partial charge in [-0.2, -0.15) is 0 Å². The standard InChI is InChI=1S/C13H12Br2O6/c1-19-6-9(13(18)20-2)21-8-5-3-4-7(11(14)15)10(8)12(16)17/h3-6,11H,1-2H3,(H,16,17)/b9-6+. The Kier molecular flexibility index (Phi) is 6.70. The lowest BCUT2D eigenvalue weighted by atomic mass is 10.1. The van der Waals surface area contributed by atoms with Crippen LogP contribution in [-0.2, 0) is 14.3 Å². The minimum atomic E-state index is -1.19. The van der Waals surface area contributed by atoms with Gasteiger partial charge in [0.15, 0.2) is 0 Å². The second-order valence-corrected chi connectivity index (χ2v) is 6.70. The first-order valence-corrected chi connectivity index (χ1v) is 7.39. The van der Waals surface area contributed by atoms with Gasteiger partial charge in [0.05, 0.1) is 18.0 Å². The fraction of sp³-hybridized carbons (Fsp3) is 0.231. The van der Waals surface area contributed by atoms with Gasteiger partial charge < -0.3 is 19.3 Å². The second kappa shape index (κ2) is 8.04. The molecule has 6 nitrogen and oxygen atoms in total. The molecule has 0 atom stereocenters. The van der Waals surface area contributed by atoms with E-state index in [9.17, 15) is 14.7 Å². The molecule has 114 valence electrons. The van der Waals surface area contributed by atoms with E-state index in [4.69, 9.17) is 9.47 Å². The van der Waals surface area contributed by atoms with Gasteiger partial charge in [0.25, 0.3) is 0 Å². The first-order valence-electron chi connectivity index (χ1n) is 5.55. The number of alkyl halides is 2. The predicted octanol–water partition coefficient (Wildman–Crippen LogP) is 3.21. The first kappa shape index (κ1) is 17.5. The molecule has 0 bridgehead atoms. The zero-order valence-corrected chi connectivity index (χ0v) is 14.3. The van der Waals surface area contributed by atoms with E-state index in [0.29, 0.717) is 5.56 Å². The molecule has 0 saturated carbocycles. The maximum atomic E-state index is 11.5. The Bertz CT molecular complexity index is 568. The Hall–Kier alpha value is -1.54. The van der Waals surface area contributed by atoms with Gasteiger partial charge >= 0.3 is 11.9 Å². The molecule has 21 heavy (non-hydrogen) atoms. The molecular weight excluding hydrogens is 412 g/mol. The SMILES string of the molecule is CO/C=C(/Oc1cccc(C(Br)Br)c1C(=O)O)C(=O)OC. The number of carboxylic acid groups (broad SMARTS) is 1. The van der Waals surface area contributed by atoms with Crippen LogP contribution in [0.15, 0.2) is 30.2 Å². The van der Waals surface area contributed by atoms with Gasteiger partial charge in [-0.15, -0.1) is 0 Å². The Morgan fingerprint density at radius 1 is 1.29 bits per heavy atom. The summed E-state index contributed by atoms with van der Waals surface area (Å²) in [7, 11) is 2.50. The summed E-state index contributed by atoms with van der Waals surface area (Å²) in [6.45, 7) is 0. The lowest BCUT2D eigenvalue weighted by Gasteiger charge is -2.14. The average molecular weight is 424 g/mol. The largest absolute Gasteiger partial charge is 0.500 e. The fourth-order valence-corrected chi connectivity index (χ4v) is 2.25. The van der Waals surface area contributed by atoms with Crippen LogP contribution in [0.3, 0.4) is 0 Å². The molecule has 0 aromatic heterocycles. The highest BCUT2D eigenvalue weighted by atomic mass is 79.9. The Morgan fingerprint density at radius 3 is 2.43 bits per heavy atom. The summed E-state index contributed by atoms with van der Waals surface area (Å²) in [6.07, 6.45) is 1.03. The van der Waals surface area contributed by atoms with E-state index < -0.39 is 11.9 Å². The van der Waals surface area contributed by atoms with Crippen molar-refractivity contribution in [3.63, 3.8) is 0 Å². The Morgan fingerprint density at radius 2 is 1.95 bits per heavy atom. The molecule has 0 spiro atoms. The third-order valence-corrected chi connectivity index (χ3v) is 3.33. The van der Waals surface area contributed by atoms with Crippen molar-refractivity contribution in [2.24, 2.45) is 0 Å². The normalized spacial score (nSPS) is 11.2. The van der Waals surface area contributed by atoms with Crippen molar-refractivity contribution >= 4 is 43.8 Å². The summed E-state index contributed by atoms with van der Waals surface area (Å²) in [5.41, 5.74) is 0.365. The number of carbonyl (C=O) groups excluding carboxylic acids is 1. The van der Waals surface area contributed by atoms with E-state index in [1.54, 1.807) is 12.1 Å². The van der Waals surface area contributed by atoms with Gasteiger partial charge in [0.1, 0.15) is 17.6 Å². The molecule has 0 heterocycles. The van der Waals surface area contributed by atoms with Gasteiger partial charge in [-0.05, 0) is 11.6 Å². The molecule has 0 amide bonds. The molecule has 8 heteroatoms. The van der Waals surface area contributed by atoms with E-state index in [1.807, 2.05) is 0 Å². The highest BCUT2D eigenvalue weighted by Gasteiger charge is 2.23. The number of hydrogen-bond acceptors (Lipinski definition) is 5. The maximum absolute atomic E-state index is 11.5. The summed E-state index contributed by atoms with van der Waals surface area (Å²) in [4.78, 5) is 23.0. The molecule has 0 unspecified atom stereocenters. The van der Waals surface area contributed by atoms with Crippen molar-refractivity contribution < 1.29 is 28.9 Å². The maximum Gasteiger partial charge on any atom is 0.377 e. The molecule has 0 fully saturated rings. The summed E-state index contributed by atoms with van der Waals surface area (Å²) >= 11 is 6.48. The number of aromatic carboxylic acids is 1. The van der Waals surface area contributed by atoms with Crippen molar-refractivity contribution in [1.29, 1.82) is 0 Å². The molecule has 0 aliphatic rings. The van der Waals surface area contributed by atoms with Crippen molar-refractivity contribution in [3.8, 4) is 5.75 Å². The van der Waals surface area contributed by atoms with Crippen molar-refractivity contribution in [1.82, 2.24) is 0 Å². The zero-order valence-electron chi connectivity index (χ0n) is 11.1. The van der Waals surface area contributed by atoms with Gasteiger partial charge in [-0.1, -0.05) is 44.0 Å². The smallest absolute Gasteiger partial charge is 0.377 e. The zero-order chi connectivity index (χ0) is 16.0. The van der Waals surface area contributed by atoms with Gasteiger partial charge in [-0.25, -0.2) is 9.59 Å². The van der Waals surface area contributed by atoms with E-state index >= 15 is 0 Å². The fourth-order valence-electron chi connectivity index (χ4n) is 1.48. The number of carbonyl (C=O) groups is 2. The van der Waals surface area contributed by atoms with Crippen LogP contribution < -0.4 is 4.74 Å². The van der Waals surface area contributed by atoms with Crippen molar-refractivity contribution in [2.45, 2.75) is 3.74 Å². The second-order valence-electron chi connectivity index (χ2n) is 3.64. The van der Waals surface area contributed by atoms with E-state index in [-0.39, 0.29) is 20.8 Å². The minimum absolute atomic E-state index is 0.00222. The summed E-state index contributed by atoms with van der Waals surface area (Å²) < 4.78 is 14.2. The molecule has 1 rings (SSSR count). The van der Waals surface area contributed by atoms with Crippen LogP contribution in [0.2, 0.25) is 0 Å². The monoisotopic (exact) mass is 422 g/mol. The van der Waals surface area contributed by atoms with Crippen LogP contribution in [-0.4, -0.2) is 31.3 Å². The number of hydrogen-bond donors (Lipinski definition) is 1. The van der Waals surface area contributed by atoms with Crippen molar-refractivity contribution in [3.05, 3.63) is 41.3 Å². The summed E-state index contributed by atoms with van der Waals surface area (Å²) in [5.74, 6) is -2.24. The number of halogens is 2. The number of carboxylic acids is 1. The third kappa shape index (κ3) is 4.47. The van der Waals surface area contributed by atoms with Crippen LogP contribution in [0.1, 0.15) is 19.7 Å². The summed E-state index contributed by atoms with van der Waals surface area (Å²) in [6, 6.07) is 4.65. The summed E-state index contributed by atoms with van der Waals surface area (Å²) in [5, 5.41) is 9.35. The Balaban J connectivity index is 3.30. The van der Waals surface area contributed by atoms with E-state index in [2.05, 4.69) is 36.6 Å². The molecule has 1 N–H and O–H groups in total. The molecule has 1 aromatic rings. The number of benzene rings is 1. The topological polar surface area (TPSA) is 82.1 Å². The highest BCUT2D eigenvalue weighted by Crippen LogP contribution is 2.36. The van der Waals surface area contributed by atoms with Crippen LogP contribution in [0.25, 0.3) is 0 Å². The number of rotatable bonds is 6. The first-order chi connectivity index (χ1) is 9.92. The Labute approximate surface area is 137 Å².